The lowest BCUT2D eigenvalue weighted by Gasteiger charge is -2.23. The third-order valence-corrected chi connectivity index (χ3v) is 5.59. The summed E-state index contributed by atoms with van der Waals surface area (Å²) in [5.74, 6) is 0.901. The van der Waals surface area contributed by atoms with Crippen LogP contribution in [0.1, 0.15) is 31.0 Å². The number of hydrogen-bond donors (Lipinski definition) is 3. The number of hydrogen-bond acceptors (Lipinski definition) is 4. The van der Waals surface area contributed by atoms with Crippen molar-refractivity contribution in [2.75, 3.05) is 7.05 Å². The average Bonchev–Trinajstić information content (AvgIpc) is 3.29. The van der Waals surface area contributed by atoms with E-state index in [-0.39, 0.29) is 6.04 Å². The van der Waals surface area contributed by atoms with Crippen LogP contribution in [-0.2, 0) is 12.6 Å². The molecule has 0 spiro atoms. The Balaban J connectivity index is 1.68. The molecule has 0 saturated heterocycles. The maximum absolute atomic E-state index is 10.4. The van der Waals surface area contributed by atoms with E-state index in [1.54, 1.807) is 0 Å². The first-order valence-corrected chi connectivity index (χ1v) is 9.11. The maximum atomic E-state index is 10.4. The first-order chi connectivity index (χ1) is 12.8. The van der Waals surface area contributed by atoms with Crippen molar-refractivity contribution in [2.24, 2.45) is 12.0 Å². The molecule has 6 heteroatoms. The molecule has 27 heavy (non-hydrogen) atoms. The lowest BCUT2D eigenvalue weighted by atomic mass is 9.95. The van der Waals surface area contributed by atoms with Crippen molar-refractivity contribution in [3.63, 3.8) is 0 Å². The number of H-pyrrole nitrogens is 1. The highest BCUT2D eigenvalue weighted by Gasteiger charge is 2.32. The first-order valence-electron chi connectivity index (χ1n) is 9.11. The zero-order valence-electron chi connectivity index (χ0n) is 15.9. The Morgan fingerprint density at radius 2 is 2.00 bits per heavy atom. The Morgan fingerprint density at radius 1 is 1.19 bits per heavy atom. The number of nitrogens with one attached hydrogen (secondary N) is 2. The minimum atomic E-state index is -0.876. The van der Waals surface area contributed by atoms with Crippen molar-refractivity contribution in [3.8, 4) is 11.3 Å². The summed E-state index contributed by atoms with van der Waals surface area (Å²) < 4.78 is 2.12. The predicted octanol–water partition coefficient (Wildman–Crippen LogP) is 3.49. The van der Waals surface area contributed by atoms with Gasteiger partial charge in [-0.05, 0) is 37.6 Å². The minimum Gasteiger partial charge on any atom is -0.386 e. The quantitative estimate of drug-likeness (QED) is 0.654. The van der Waals surface area contributed by atoms with Crippen LogP contribution in [0.15, 0.2) is 47.2 Å². The fraction of sp³-hybridized carbons (Fsp3) is 0.286. The molecule has 1 atom stereocenters. The van der Waals surface area contributed by atoms with Crippen LogP contribution in [0.2, 0.25) is 0 Å². The molecule has 2 aliphatic heterocycles. The third kappa shape index (κ3) is 2.37. The molecule has 4 heterocycles. The summed E-state index contributed by atoms with van der Waals surface area (Å²) in [5.41, 5.74) is 8.89. The van der Waals surface area contributed by atoms with Crippen LogP contribution in [0.3, 0.4) is 0 Å². The average molecular weight is 361 g/mol. The second-order valence-electron chi connectivity index (χ2n) is 7.98. The molecule has 0 fully saturated rings. The predicted molar refractivity (Wildman–Crippen MR) is 108 cm³/mol. The van der Waals surface area contributed by atoms with Crippen molar-refractivity contribution >= 4 is 22.9 Å². The molecule has 0 saturated carbocycles. The number of aliphatic imine (C=N–C) groups is 1. The maximum Gasteiger partial charge on any atom is 0.135 e. The fourth-order valence-corrected chi connectivity index (χ4v) is 4.10. The summed E-state index contributed by atoms with van der Waals surface area (Å²) in [6, 6.07) is 8.51. The molecule has 0 bridgehead atoms. The van der Waals surface area contributed by atoms with Gasteiger partial charge in [-0.3, -0.25) is 0 Å². The normalized spacial score (nSPS) is 19.1. The number of aliphatic hydroxyl groups is 1. The molecule has 5 rings (SSSR count). The van der Waals surface area contributed by atoms with E-state index in [2.05, 4.69) is 49.4 Å². The van der Waals surface area contributed by atoms with Gasteiger partial charge in [-0.15, -0.1) is 0 Å². The molecule has 6 nitrogen and oxygen atoms in total. The molecule has 2 aromatic heterocycles. The van der Waals surface area contributed by atoms with Crippen LogP contribution in [0, 0.1) is 0 Å². The molecular formula is C21H23N5O. The van der Waals surface area contributed by atoms with Crippen LogP contribution >= 0.6 is 0 Å². The van der Waals surface area contributed by atoms with E-state index >= 15 is 0 Å². The second-order valence-corrected chi connectivity index (χ2v) is 7.98. The van der Waals surface area contributed by atoms with Crippen LogP contribution < -0.4 is 5.43 Å². The zero-order chi connectivity index (χ0) is 18.9. The minimum absolute atomic E-state index is 0.171. The Hall–Kier alpha value is -2.83. The molecule has 1 unspecified atom stereocenters. The SMILES string of the molecule is CN1NC=C2C=Nc3[nH]c(-c4cn(C)c5ccc(C(C)(C)O)cc45)cc3C21. The fourth-order valence-electron chi connectivity index (χ4n) is 4.10. The van der Waals surface area contributed by atoms with Crippen molar-refractivity contribution < 1.29 is 5.11 Å². The first kappa shape index (κ1) is 16.4. The number of aromatic nitrogens is 2. The Labute approximate surface area is 157 Å². The molecule has 0 amide bonds. The van der Waals surface area contributed by atoms with Gasteiger partial charge in [-0.1, -0.05) is 6.07 Å². The summed E-state index contributed by atoms with van der Waals surface area (Å²) >= 11 is 0. The van der Waals surface area contributed by atoms with Gasteiger partial charge in [0.15, 0.2) is 0 Å². The summed E-state index contributed by atoms with van der Waals surface area (Å²) in [7, 11) is 4.09. The molecule has 0 aliphatic carbocycles. The lowest BCUT2D eigenvalue weighted by molar-refractivity contribution is 0.0787. The van der Waals surface area contributed by atoms with E-state index in [1.807, 2.05) is 46.4 Å². The van der Waals surface area contributed by atoms with Gasteiger partial charge in [0.25, 0.3) is 0 Å². The standard InChI is InChI=1S/C21H23N5O/c1-21(2,27)13-5-6-18-14(7-13)16(11-25(18)3)17-8-15-19-12(10-23-26(19)4)9-22-20(15)24-17/h5-11,19,23-24,27H,1-4H3. The second kappa shape index (κ2) is 5.34. The van der Waals surface area contributed by atoms with Crippen LogP contribution in [-0.4, -0.2) is 32.9 Å². The number of hydrazine groups is 1. The molecule has 3 N–H and O–H groups in total. The van der Waals surface area contributed by atoms with Crippen molar-refractivity contribution in [1.29, 1.82) is 0 Å². The monoisotopic (exact) mass is 361 g/mol. The van der Waals surface area contributed by atoms with Gasteiger partial charge in [-0.25, -0.2) is 10.0 Å². The molecule has 1 aromatic carbocycles. The van der Waals surface area contributed by atoms with Gasteiger partial charge < -0.3 is 20.1 Å². The van der Waals surface area contributed by atoms with Gasteiger partial charge in [0.2, 0.25) is 0 Å². The number of aromatic amines is 1. The van der Waals surface area contributed by atoms with E-state index in [0.29, 0.717) is 0 Å². The zero-order valence-corrected chi connectivity index (χ0v) is 15.9. The van der Waals surface area contributed by atoms with Crippen molar-refractivity contribution in [3.05, 3.63) is 53.4 Å². The Bertz CT molecular complexity index is 1130. The summed E-state index contributed by atoms with van der Waals surface area (Å²) in [6.45, 7) is 3.63. The number of benzene rings is 1. The summed E-state index contributed by atoms with van der Waals surface area (Å²) in [6.07, 6.45) is 6.05. The van der Waals surface area contributed by atoms with E-state index in [0.717, 1.165) is 39.1 Å². The highest BCUT2D eigenvalue weighted by atomic mass is 16.3. The van der Waals surface area contributed by atoms with Crippen molar-refractivity contribution in [1.82, 2.24) is 20.0 Å². The molecule has 3 aromatic rings. The van der Waals surface area contributed by atoms with Gasteiger partial charge in [0.05, 0.1) is 11.6 Å². The summed E-state index contributed by atoms with van der Waals surface area (Å²) in [5, 5.41) is 13.6. The van der Waals surface area contributed by atoms with Gasteiger partial charge in [-0.2, -0.15) is 0 Å². The highest BCUT2D eigenvalue weighted by molar-refractivity contribution is 5.97. The lowest BCUT2D eigenvalue weighted by Crippen LogP contribution is -2.29. The van der Waals surface area contributed by atoms with E-state index in [1.165, 1.54) is 5.56 Å². The molecule has 0 radical (unpaired) electrons. The Morgan fingerprint density at radius 3 is 2.78 bits per heavy atom. The Kier molecular flexibility index (Phi) is 3.24. The van der Waals surface area contributed by atoms with Gasteiger partial charge in [0.1, 0.15) is 5.82 Å². The third-order valence-electron chi connectivity index (χ3n) is 5.59. The van der Waals surface area contributed by atoms with E-state index in [4.69, 9.17) is 0 Å². The smallest absolute Gasteiger partial charge is 0.135 e. The number of nitrogens with zero attached hydrogens (tertiary/aromatic N) is 3. The number of likely N-dealkylation sites (N-methyl/N-ethyl adjacent to an activating group) is 1. The molecular weight excluding hydrogens is 338 g/mol. The highest BCUT2D eigenvalue weighted by Crippen LogP contribution is 2.42. The molecule has 2 aliphatic rings. The van der Waals surface area contributed by atoms with Crippen molar-refractivity contribution in [2.45, 2.75) is 25.5 Å². The number of fused-ring (bicyclic) bond motifs is 4. The number of rotatable bonds is 2. The van der Waals surface area contributed by atoms with Gasteiger partial charge >= 0.3 is 0 Å². The number of aryl methyl sites for hydroxylation is 1. The van der Waals surface area contributed by atoms with Crippen LogP contribution in [0.25, 0.3) is 22.2 Å². The topological polar surface area (TPSA) is 68.6 Å². The molecule has 138 valence electrons. The largest absolute Gasteiger partial charge is 0.386 e. The summed E-state index contributed by atoms with van der Waals surface area (Å²) in [4.78, 5) is 8.09. The van der Waals surface area contributed by atoms with E-state index < -0.39 is 5.60 Å². The van der Waals surface area contributed by atoms with E-state index in [9.17, 15) is 5.11 Å². The van der Waals surface area contributed by atoms with Crippen LogP contribution in [0.5, 0.6) is 0 Å². The van der Waals surface area contributed by atoms with Crippen LogP contribution in [0.4, 0.5) is 5.82 Å². The van der Waals surface area contributed by atoms with Gasteiger partial charge in [0, 0.05) is 66.0 Å².